The molecule has 1 atom stereocenters. The SMILES string of the molecule is CCOC(=O)CCC(=O)N1CCC[C@@H](Oc2nc(C)cc(C)n2)C1. The monoisotopic (exact) mass is 335 g/mol. The van der Waals surface area contributed by atoms with Crippen LogP contribution in [0.4, 0.5) is 0 Å². The Hall–Kier alpha value is -2.18. The lowest BCUT2D eigenvalue weighted by molar-refractivity contribution is -0.146. The van der Waals surface area contributed by atoms with Gasteiger partial charge in [0.2, 0.25) is 5.91 Å². The van der Waals surface area contributed by atoms with Crippen molar-refractivity contribution in [3.8, 4) is 6.01 Å². The number of rotatable bonds is 6. The molecule has 0 radical (unpaired) electrons. The van der Waals surface area contributed by atoms with E-state index >= 15 is 0 Å². The van der Waals surface area contributed by atoms with E-state index in [9.17, 15) is 9.59 Å². The third-order valence-corrected chi connectivity index (χ3v) is 3.81. The molecule has 2 rings (SSSR count). The molecule has 1 aliphatic rings. The van der Waals surface area contributed by atoms with E-state index in [0.717, 1.165) is 24.2 Å². The van der Waals surface area contributed by atoms with Crippen LogP contribution in [0.2, 0.25) is 0 Å². The van der Waals surface area contributed by atoms with Crippen LogP contribution >= 0.6 is 0 Å². The van der Waals surface area contributed by atoms with Crippen LogP contribution < -0.4 is 4.74 Å². The molecule has 0 aromatic carbocycles. The first-order chi connectivity index (χ1) is 11.5. The number of hydrogen-bond acceptors (Lipinski definition) is 6. The summed E-state index contributed by atoms with van der Waals surface area (Å²) in [6, 6.07) is 2.25. The van der Waals surface area contributed by atoms with Crippen LogP contribution in [0.1, 0.15) is 44.0 Å². The third kappa shape index (κ3) is 5.47. The summed E-state index contributed by atoms with van der Waals surface area (Å²) in [7, 11) is 0. The highest BCUT2D eigenvalue weighted by molar-refractivity contribution is 5.81. The van der Waals surface area contributed by atoms with Crippen molar-refractivity contribution in [3.63, 3.8) is 0 Å². The standard InChI is InChI=1S/C17H25N3O4/c1-4-23-16(22)8-7-15(21)20-9-5-6-14(11-20)24-17-18-12(2)10-13(3)19-17/h10,14H,4-9,11H2,1-3H3/t14-/m1/s1. The van der Waals surface area contributed by atoms with Crippen LogP contribution in [0.15, 0.2) is 6.07 Å². The molecule has 7 nitrogen and oxygen atoms in total. The lowest BCUT2D eigenvalue weighted by Gasteiger charge is -2.32. The van der Waals surface area contributed by atoms with Gasteiger partial charge in [0.15, 0.2) is 0 Å². The van der Waals surface area contributed by atoms with E-state index in [0.29, 0.717) is 25.7 Å². The largest absolute Gasteiger partial charge is 0.466 e. The van der Waals surface area contributed by atoms with Gasteiger partial charge in [0, 0.05) is 24.4 Å². The number of aryl methyl sites for hydroxylation is 2. The predicted molar refractivity (Wildman–Crippen MR) is 87.6 cm³/mol. The Morgan fingerprint density at radius 3 is 2.62 bits per heavy atom. The van der Waals surface area contributed by atoms with Crippen molar-refractivity contribution in [3.05, 3.63) is 17.5 Å². The quantitative estimate of drug-likeness (QED) is 0.738. The second-order valence-corrected chi connectivity index (χ2v) is 5.96. The van der Waals surface area contributed by atoms with Crippen molar-refractivity contribution in [2.24, 2.45) is 0 Å². The lowest BCUT2D eigenvalue weighted by Crippen LogP contribution is -2.44. The van der Waals surface area contributed by atoms with E-state index in [1.165, 1.54) is 0 Å². The summed E-state index contributed by atoms with van der Waals surface area (Å²) >= 11 is 0. The third-order valence-electron chi connectivity index (χ3n) is 3.81. The first kappa shape index (κ1) is 18.2. The van der Waals surface area contributed by atoms with E-state index in [4.69, 9.17) is 9.47 Å². The Kier molecular flexibility index (Phi) is 6.52. The molecule has 1 aliphatic heterocycles. The number of nitrogens with zero attached hydrogens (tertiary/aromatic N) is 3. The maximum Gasteiger partial charge on any atom is 0.317 e. The minimum absolute atomic E-state index is 0.0438. The molecule has 1 saturated heterocycles. The number of hydrogen-bond donors (Lipinski definition) is 0. The highest BCUT2D eigenvalue weighted by Crippen LogP contribution is 2.17. The maximum atomic E-state index is 12.2. The van der Waals surface area contributed by atoms with Gasteiger partial charge in [-0.15, -0.1) is 0 Å². The molecule has 1 aromatic rings. The van der Waals surface area contributed by atoms with Crippen molar-refractivity contribution < 1.29 is 19.1 Å². The number of carbonyl (C=O) groups is 2. The fourth-order valence-electron chi connectivity index (χ4n) is 2.76. The summed E-state index contributed by atoms with van der Waals surface area (Å²) in [4.78, 5) is 33.9. The summed E-state index contributed by atoms with van der Waals surface area (Å²) in [5, 5.41) is 0. The highest BCUT2D eigenvalue weighted by Gasteiger charge is 2.26. The minimum atomic E-state index is -0.334. The summed E-state index contributed by atoms with van der Waals surface area (Å²) in [5.41, 5.74) is 1.71. The average Bonchev–Trinajstić information content (AvgIpc) is 2.52. The van der Waals surface area contributed by atoms with E-state index in [-0.39, 0.29) is 30.8 Å². The number of aromatic nitrogens is 2. The van der Waals surface area contributed by atoms with Crippen molar-refractivity contribution in [2.75, 3.05) is 19.7 Å². The highest BCUT2D eigenvalue weighted by atomic mass is 16.5. The van der Waals surface area contributed by atoms with Crippen LogP contribution in [0, 0.1) is 13.8 Å². The molecule has 0 N–H and O–H groups in total. The number of likely N-dealkylation sites (tertiary alicyclic amines) is 1. The smallest absolute Gasteiger partial charge is 0.317 e. The van der Waals surface area contributed by atoms with Gasteiger partial charge in [-0.3, -0.25) is 9.59 Å². The topological polar surface area (TPSA) is 81.6 Å². The zero-order valence-electron chi connectivity index (χ0n) is 14.6. The average molecular weight is 335 g/mol. The van der Waals surface area contributed by atoms with Gasteiger partial charge < -0.3 is 14.4 Å². The van der Waals surface area contributed by atoms with E-state index < -0.39 is 0 Å². The second kappa shape index (κ2) is 8.61. The molecule has 0 aliphatic carbocycles. The van der Waals surface area contributed by atoms with Gasteiger partial charge in [-0.1, -0.05) is 0 Å². The maximum absolute atomic E-state index is 12.2. The van der Waals surface area contributed by atoms with Crippen LogP contribution in [-0.2, 0) is 14.3 Å². The molecule has 1 aromatic heterocycles. The molecule has 0 spiro atoms. The summed E-state index contributed by atoms with van der Waals surface area (Å²) in [6.07, 6.45) is 1.89. The van der Waals surface area contributed by atoms with Crippen molar-refractivity contribution >= 4 is 11.9 Å². The molecular formula is C17H25N3O4. The van der Waals surface area contributed by atoms with E-state index in [1.54, 1.807) is 11.8 Å². The van der Waals surface area contributed by atoms with Gasteiger partial charge in [0.1, 0.15) is 6.10 Å². The van der Waals surface area contributed by atoms with Gasteiger partial charge in [0.25, 0.3) is 0 Å². The summed E-state index contributed by atoms with van der Waals surface area (Å²) in [5.74, 6) is -0.378. The molecule has 0 bridgehead atoms. The second-order valence-electron chi connectivity index (χ2n) is 5.96. The molecule has 2 heterocycles. The number of amides is 1. The zero-order valence-corrected chi connectivity index (χ0v) is 14.6. The molecule has 1 amide bonds. The first-order valence-corrected chi connectivity index (χ1v) is 8.40. The molecule has 24 heavy (non-hydrogen) atoms. The predicted octanol–water partition coefficient (Wildman–Crippen LogP) is 1.81. The number of carbonyl (C=O) groups excluding carboxylic acids is 2. The van der Waals surface area contributed by atoms with Crippen LogP contribution in [0.5, 0.6) is 6.01 Å². The molecular weight excluding hydrogens is 310 g/mol. The molecule has 0 saturated carbocycles. The Morgan fingerprint density at radius 2 is 1.96 bits per heavy atom. The Morgan fingerprint density at radius 1 is 1.25 bits per heavy atom. The van der Waals surface area contributed by atoms with Crippen LogP contribution in [0.3, 0.4) is 0 Å². The van der Waals surface area contributed by atoms with Gasteiger partial charge in [-0.2, -0.15) is 0 Å². The van der Waals surface area contributed by atoms with Crippen LogP contribution in [-0.4, -0.2) is 52.5 Å². The van der Waals surface area contributed by atoms with Gasteiger partial charge in [0.05, 0.1) is 19.6 Å². The first-order valence-electron chi connectivity index (χ1n) is 8.40. The fourth-order valence-corrected chi connectivity index (χ4v) is 2.76. The van der Waals surface area contributed by atoms with E-state index in [2.05, 4.69) is 9.97 Å². The van der Waals surface area contributed by atoms with Gasteiger partial charge >= 0.3 is 12.0 Å². The summed E-state index contributed by atoms with van der Waals surface area (Å²) in [6.45, 7) is 7.07. The van der Waals surface area contributed by atoms with Crippen molar-refractivity contribution in [1.29, 1.82) is 0 Å². The zero-order chi connectivity index (χ0) is 17.5. The van der Waals surface area contributed by atoms with Crippen molar-refractivity contribution in [1.82, 2.24) is 14.9 Å². The fraction of sp³-hybridized carbons (Fsp3) is 0.647. The molecule has 1 fully saturated rings. The van der Waals surface area contributed by atoms with Crippen molar-refractivity contribution in [2.45, 2.75) is 52.6 Å². The van der Waals surface area contributed by atoms with Gasteiger partial charge in [-0.25, -0.2) is 9.97 Å². The number of esters is 1. The van der Waals surface area contributed by atoms with Gasteiger partial charge in [-0.05, 0) is 39.7 Å². The Balaban J connectivity index is 1.86. The molecule has 0 unspecified atom stereocenters. The Bertz CT molecular complexity index is 571. The normalized spacial score (nSPS) is 17.5. The molecule has 7 heteroatoms. The molecule has 132 valence electrons. The van der Waals surface area contributed by atoms with E-state index in [1.807, 2.05) is 19.9 Å². The lowest BCUT2D eigenvalue weighted by atomic mass is 10.1. The number of ether oxygens (including phenoxy) is 2. The van der Waals surface area contributed by atoms with Crippen LogP contribution in [0.25, 0.3) is 0 Å². The number of piperidine rings is 1. The summed E-state index contributed by atoms with van der Waals surface area (Å²) < 4.78 is 10.7. The minimum Gasteiger partial charge on any atom is -0.466 e. The Labute approximate surface area is 142 Å².